The van der Waals surface area contributed by atoms with Crippen LogP contribution in [-0.4, -0.2) is 108 Å². The van der Waals surface area contributed by atoms with Crippen molar-refractivity contribution in [3.8, 4) is 22.9 Å². The molecule has 0 aliphatic carbocycles. The average Bonchev–Trinajstić information content (AvgIpc) is 3.60. The maximum atomic E-state index is 14.7. The molecular weight excluding hydrogens is 692 g/mol. The molecule has 1 aromatic carbocycles. The number of carbonyl (C=O) groups is 2. The van der Waals surface area contributed by atoms with Crippen LogP contribution in [0.25, 0.3) is 16.6 Å². The Morgan fingerprint density at radius 1 is 0.981 bits per heavy atom. The molecule has 2 N–H and O–H groups in total. The van der Waals surface area contributed by atoms with Crippen molar-refractivity contribution in [2.75, 3.05) is 70.9 Å². The fraction of sp³-hybridized carbons (Fsp3) is 0.475. The Bertz CT molecular complexity index is 1950. The molecule has 0 unspecified atom stereocenters. The summed E-state index contributed by atoms with van der Waals surface area (Å²) in [5.74, 6) is -0.535. The molecule has 0 atom stereocenters. The van der Waals surface area contributed by atoms with Crippen LogP contribution < -0.4 is 20.3 Å². The number of hydrogen-bond donors (Lipinski definition) is 2. The van der Waals surface area contributed by atoms with E-state index in [9.17, 15) is 23.6 Å². The quantitative estimate of drug-likeness (QED) is 0.161. The maximum Gasteiger partial charge on any atom is 0.254 e. The van der Waals surface area contributed by atoms with Crippen LogP contribution in [0.1, 0.15) is 67.8 Å². The van der Waals surface area contributed by atoms with Crippen molar-refractivity contribution in [1.82, 2.24) is 35.0 Å². The van der Waals surface area contributed by atoms with Gasteiger partial charge in [0, 0.05) is 69.6 Å². The number of piperidine rings is 1. The molecule has 2 fully saturated rings. The van der Waals surface area contributed by atoms with Crippen LogP contribution in [0.4, 0.5) is 14.6 Å². The van der Waals surface area contributed by atoms with E-state index in [1.165, 1.54) is 6.20 Å². The Morgan fingerprint density at radius 2 is 1.76 bits per heavy atom. The largest absolute Gasteiger partial charge is 0.492 e. The molecular formula is C40H49F2N9O3. The van der Waals surface area contributed by atoms with E-state index >= 15 is 0 Å². The molecule has 0 bridgehead atoms. The number of fused-ring (bicyclic) bond motifs is 1. The summed E-state index contributed by atoms with van der Waals surface area (Å²) in [4.78, 5) is 37.6. The molecule has 0 spiro atoms. The van der Waals surface area contributed by atoms with Crippen molar-refractivity contribution < 1.29 is 23.1 Å². The van der Waals surface area contributed by atoms with Crippen molar-refractivity contribution in [2.24, 2.45) is 0 Å². The third-order valence-electron chi connectivity index (χ3n) is 10.5. The first kappa shape index (κ1) is 38.6. The highest BCUT2D eigenvalue weighted by atomic mass is 19.1. The van der Waals surface area contributed by atoms with E-state index in [4.69, 9.17) is 9.72 Å². The minimum Gasteiger partial charge on any atom is -0.492 e. The van der Waals surface area contributed by atoms with E-state index in [-0.39, 0.29) is 11.5 Å². The van der Waals surface area contributed by atoms with Crippen molar-refractivity contribution >= 4 is 23.1 Å². The van der Waals surface area contributed by atoms with Crippen LogP contribution >= 0.6 is 0 Å². The lowest BCUT2D eigenvalue weighted by atomic mass is 9.86. The van der Waals surface area contributed by atoms with Crippen molar-refractivity contribution in [3.05, 3.63) is 77.8 Å². The number of amides is 2. The third-order valence-corrected chi connectivity index (χ3v) is 10.5. The first-order chi connectivity index (χ1) is 26.2. The molecule has 54 heavy (non-hydrogen) atoms. The molecule has 2 aliphatic heterocycles. The van der Waals surface area contributed by atoms with E-state index in [0.29, 0.717) is 88.5 Å². The summed E-state index contributed by atoms with van der Waals surface area (Å²) in [7, 11) is 1.95. The number of piperazine rings is 1. The molecule has 12 nitrogen and oxygen atoms in total. The van der Waals surface area contributed by atoms with E-state index < -0.39 is 23.1 Å². The Kier molecular flexibility index (Phi) is 12.7. The van der Waals surface area contributed by atoms with Gasteiger partial charge >= 0.3 is 0 Å². The van der Waals surface area contributed by atoms with Gasteiger partial charge in [0.1, 0.15) is 29.3 Å². The van der Waals surface area contributed by atoms with Gasteiger partial charge in [-0.1, -0.05) is 12.8 Å². The molecule has 286 valence electrons. The topological polar surface area (TPSA) is 131 Å². The highest BCUT2D eigenvalue weighted by molar-refractivity contribution is 5.95. The minimum atomic E-state index is -0.776. The number of aromatic nitrogens is 3. The second kappa shape index (κ2) is 17.8. The lowest BCUT2D eigenvalue weighted by Crippen LogP contribution is -2.62. The lowest BCUT2D eigenvalue weighted by Gasteiger charge is -2.46. The fourth-order valence-corrected chi connectivity index (χ4v) is 7.52. The predicted octanol–water partition coefficient (Wildman–Crippen LogP) is 5.03. The molecule has 14 heteroatoms. The summed E-state index contributed by atoms with van der Waals surface area (Å²) in [6, 6.07) is 10.9. The van der Waals surface area contributed by atoms with Crippen LogP contribution in [0.15, 0.2) is 55.0 Å². The summed E-state index contributed by atoms with van der Waals surface area (Å²) < 4.78 is 36.2. The number of rotatable bonds is 15. The van der Waals surface area contributed by atoms with Gasteiger partial charge in [-0.2, -0.15) is 10.4 Å². The molecule has 5 heterocycles. The van der Waals surface area contributed by atoms with Crippen LogP contribution in [0.2, 0.25) is 0 Å². The van der Waals surface area contributed by atoms with Gasteiger partial charge in [-0.15, -0.1) is 0 Å². The summed E-state index contributed by atoms with van der Waals surface area (Å²) in [6.07, 6.45) is 10.9. The van der Waals surface area contributed by atoms with Crippen LogP contribution in [0.3, 0.4) is 0 Å². The second-order valence-corrected chi connectivity index (χ2v) is 14.2. The average molecular weight is 742 g/mol. The number of ether oxygens (including phenoxy) is 1. The Labute approximate surface area is 315 Å². The summed E-state index contributed by atoms with van der Waals surface area (Å²) >= 11 is 0. The highest BCUT2D eigenvalue weighted by Crippen LogP contribution is 2.33. The van der Waals surface area contributed by atoms with Gasteiger partial charge in [-0.05, 0) is 82.6 Å². The van der Waals surface area contributed by atoms with Gasteiger partial charge in [-0.3, -0.25) is 14.5 Å². The number of hydrogen-bond acceptors (Lipinski definition) is 9. The second-order valence-electron chi connectivity index (χ2n) is 14.2. The zero-order valence-corrected chi connectivity index (χ0v) is 31.1. The number of halogens is 2. The zero-order valence-electron chi connectivity index (χ0n) is 31.1. The summed E-state index contributed by atoms with van der Waals surface area (Å²) in [5.41, 5.74) is 1.66. The fourth-order valence-electron chi connectivity index (χ4n) is 7.52. The van der Waals surface area contributed by atoms with E-state index in [2.05, 4.69) is 31.6 Å². The smallest absolute Gasteiger partial charge is 0.254 e. The van der Waals surface area contributed by atoms with E-state index in [1.807, 2.05) is 37.1 Å². The molecule has 2 amide bonds. The van der Waals surface area contributed by atoms with Crippen molar-refractivity contribution in [3.63, 3.8) is 0 Å². The standard InChI is InChI=1S/C40H49F2N9O3/c1-3-54-32-23-33(38-30(24-43)26-46-51(38)27-32)29-9-12-36(45-25-29)49-16-13-40(14-17-49,47-39(53)34-22-31(41)10-11-35(34)42)28-48-18-20-50(21-19-48)37(52)8-6-4-5-7-15-44-2/h9-12,22-23,25-27,44H,3-8,13-21,28H2,1-2H3,(H,47,53). The lowest BCUT2D eigenvalue weighted by molar-refractivity contribution is -0.133. The number of pyridine rings is 2. The normalized spacial score (nSPS) is 16.0. The number of unbranched alkanes of at least 4 members (excludes halogenated alkanes) is 3. The SMILES string of the molecule is CCOc1cc(-c2ccc(N3CCC(CN4CCN(C(=O)CCCCCCNC)CC4)(NC(=O)c4cc(F)ccc4F)CC3)nc2)c2c(C#N)cnn2c1. The minimum absolute atomic E-state index is 0.182. The molecule has 3 aromatic heterocycles. The van der Waals surface area contributed by atoms with Gasteiger partial charge in [0.15, 0.2) is 0 Å². The van der Waals surface area contributed by atoms with Crippen LogP contribution in [0.5, 0.6) is 5.75 Å². The number of nitrogens with one attached hydrogen (secondary N) is 2. The van der Waals surface area contributed by atoms with E-state index in [0.717, 1.165) is 67.4 Å². The van der Waals surface area contributed by atoms with Gasteiger partial charge in [0.25, 0.3) is 5.91 Å². The van der Waals surface area contributed by atoms with Gasteiger partial charge in [-0.25, -0.2) is 18.3 Å². The third kappa shape index (κ3) is 9.14. The van der Waals surface area contributed by atoms with Crippen LogP contribution in [-0.2, 0) is 4.79 Å². The van der Waals surface area contributed by atoms with Crippen LogP contribution in [0, 0.1) is 23.0 Å². The Balaban J connectivity index is 1.13. The number of anilines is 1. The summed E-state index contributed by atoms with van der Waals surface area (Å²) in [5, 5.41) is 20.3. The molecule has 2 saturated heterocycles. The predicted molar refractivity (Wildman–Crippen MR) is 202 cm³/mol. The number of nitriles is 1. The highest BCUT2D eigenvalue weighted by Gasteiger charge is 2.39. The molecule has 0 radical (unpaired) electrons. The van der Waals surface area contributed by atoms with Crippen molar-refractivity contribution in [2.45, 2.75) is 57.4 Å². The van der Waals surface area contributed by atoms with Gasteiger partial charge < -0.3 is 25.2 Å². The first-order valence-electron chi connectivity index (χ1n) is 18.9. The summed E-state index contributed by atoms with van der Waals surface area (Å²) in [6.45, 7) is 7.57. The number of nitrogens with zero attached hydrogens (tertiary/aromatic N) is 7. The molecule has 4 aromatic rings. The zero-order chi connectivity index (χ0) is 38.1. The Morgan fingerprint density at radius 3 is 2.46 bits per heavy atom. The van der Waals surface area contributed by atoms with Gasteiger partial charge in [0.05, 0.1) is 41.2 Å². The number of carbonyl (C=O) groups excluding carboxylic acids is 2. The molecule has 0 saturated carbocycles. The number of benzene rings is 1. The first-order valence-corrected chi connectivity index (χ1v) is 18.9. The van der Waals surface area contributed by atoms with E-state index in [1.54, 1.807) is 16.9 Å². The van der Waals surface area contributed by atoms with Gasteiger partial charge in [0.2, 0.25) is 5.91 Å². The Hall–Kier alpha value is -5.13. The monoisotopic (exact) mass is 741 g/mol. The maximum absolute atomic E-state index is 14.7. The molecule has 2 aliphatic rings. The van der Waals surface area contributed by atoms with Crippen molar-refractivity contribution in [1.29, 1.82) is 5.26 Å². The molecule has 6 rings (SSSR count).